The highest BCUT2D eigenvalue weighted by Gasteiger charge is 2.28. The number of carbonyl (C=O) groups is 2. The molecule has 30 heavy (non-hydrogen) atoms. The Labute approximate surface area is 180 Å². The molecule has 4 nitrogen and oxygen atoms in total. The number of nitrogens with one attached hydrogen (secondary N) is 1. The molecule has 0 aromatic heterocycles. The molecule has 0 unspecified atom stereocenters. The van der Waals surface area contributed by atoms with Gasteiger partial charge in [0.25, 0.3) is 0 Å². The largest absolute Gasteiger partial charge is 0.352 e. The van der Waals surface area contributed by atoms with Gasteiger partial charge in [-0.25, -0.2) is 0 Å². The molecule has 1 aliphatic carbocycles. The second kappa shape index (κ2) is 9.92. The van der Waals surface area contributed by atoms with E-state index in [2.05, 4.69) is 23.5 Å². The first-order valence-electron chi connectivity index (χ1n) is 11.0. The smallest absolute Gasteiger partial charge is 0.242 e. The van der Waals surface area contributed by atoms with Gasteiger partial charge in [-0.15, -0.1) is 0 Å². The molecule has 0 radical (unpaired) electrons. The highest BCUT2D eigenvalue weighted by Crippen LogP contribution is 2.20. The van der Waals surface area contributed by atoms with Gasteiger partial charge in [0.1, 0.15) is 6.04 Å². The van der Waals surface area contributed by atoms with Gasteiger partial charge >= 0.3 is 0 Å². The van der Waals surface area contributed by atoms with Crippen LogP contribution in [0.5, 0.6) is 0 Å². The van der Waals surface area contributed by atoms with Crippen LogP contribution in [0.2, 0.25) is 0 Å². The van der Waals surface area contributed by atoms with Crippen molar-refractivity contribution in [1.82, 2.24) is 10.2 Å². The first-order valence-corrected chi connectivity index (χ1v) is 11.0. The van der Waals surface area contributed by atoms with Crippen LogP contribution in [0, 0.1) is 20.8 Å². The normalized spacial score (nSPS) is 15.1. The van der Waals surface area contributed by atoms with Gasteiger partial charge in [-0.2, -0.15) is 0 Å². The van der Waals surface area contributed by atoms with Gasteiger partial charge < -0.3 is 10.2 Å². The lowest BCUT2D eigenvalue weighted by Gasteiger charge is -2.30. The molecule has 160 valence electrons. The van der Waals surface area contributed by atoms with E-state index in [0.29, 0.717) is 13.0 Å². The summed E-state index contributed by atoms with van der Waals surface area (Å²) in [5.74, 6) is -0.0680. The molecule has 3 rings (SSSR count). The van der Waals surface area contributed by atoms with Crippen LogP contribution in [0.15, 0.2) is 42.5 Å². The highest BCUT2D eigenvalue weighted by atomic mass is 16.2. The van der Waals surface area contributed by atoms with E-state index in [9.17, 15) is 9.59 Å². The summed E-state index contributed by atoms with van der Waals surface area (Å²) in [5.41, 5.74) is 5.50. The SMILES string of the molecule is Cc1cc(C)cc(CC(=O)N(Cc2ccccc2C)[C@@H](C)C(=O)NC2CCCC2)c1. The standard InChI is InChI=1S/C26H34N2O2/c1-18-13-19(2)15-22(14-18)16-25(29)28(17-23-10-6-5-9-20(23)3)21(4)26(30)27-24-11-7-8-12-24/h5-6,9-10,13-15,21,24H,7-8,11-12,16-17H2,1-4H3,(H,27,30)/t21-/m0/s1. The van der Waals surface area contributed by atoms with Crippen molar-refractivity contribution in [3.05, 3.63) is 70.3 Å². The summed E-state index contributed by atoms with van der Waals surface area (Å²) in [4.78, 5) is 28.1. The molecule has 1 N–H and O–H groups in total. The zero-order chi connectivity index (χ0) is 21.7. The summed E-state index contributed by atoms with van der Waals surface area (Å²) < 4.78 is 0. The number of carbonyl (C=O) groups excluding carboxylic acids is 2. The summed E-state index contributed by atoms with van der Waals surface area (Å²) in [7, 11) is 0. The van der Waals surface area contributed by atoms with E-state index < -0.39 is 6.04 Å². The maximum atomic E-state index is 13.4. The van der Waals surface area contributed by atoms with E-state index in [-0.39, 0.29) is 17.9 Å². The number of benzene rings is 2. The third-order valence-corrected chi connectivity index (χ3v) is 6.11. The maximum Gasteiger partial charge on any atom is 0.242 e. The van der Waals surface area contributed by atoms with Crippen LogP contribution in [0.25, 0.3) is 0 Å². The third-order valence-electron chi connectivity index (χ3n) is 6.11. The van der Waals surface area contributed by atoms with Crippen LogP contribution < -0.4 is 5.32 Å². The van der Waals surface area contributed by atoms with Gasteiger partial charge in [0.05, 0.1) is 6.42 Å². The van der Waals surface area contributed by atoms with Gasteiger partial charge in [0, 0.05) is 12.6 Å². The van der Waals surface area contributed by atoms with Crippen LogP contribution in [-0.4, -0.2) is 28.8 Å². The minimum absolute atomic E-state index is 0.0164. The Bertz CT molecular complexity index is 879. The molecule has 1 aliphatic rings. The zero-order valence-corrected chi connectivity index (χ0v) is 18.7. The molecular formula is C26H34N2O2. The van der Waals surface area contributed by atoms with Gasteiger partial charge in [-0.3, -0.25) is 9.59 Å². The summed E-state index contributed by atoms with van der Waals surface area (Å²) >= 11 is 0. The monoisotopic (exact) mass is 406 g/mol. The Morgan fingerprint density at radius 1 is 1.03 bits per heavy atom. The van der Waals surface area contributed by atoms with Crippen LogP contribution in [-0.2, 0) is 22.6 Å². The molecule has 1 atom stereocenters. The predicted octanol–water partition coefficient (Wildman–Crippen LogP) is 4.63. The van der Waals surface area contributed by atoms with Crippen LogP contribution in [0.4, 0.5) is 0 Å². The number of rotatable bonds is 7. The summed E-state index contributed by atoms with van der Waals surface area (Å²) in [5, 5.41) is 3.16. The van der Waals surface area contributed by atoms with Crippen molar-refractivity contribution < 1.29 is 9.59 Å². The molecule has 0 saturated heterocycles. The fourth-order valence-corrected chi connectivity index (χ4v) is 4.39. The van der Waals surface area contributed by atoms with Crippen molar-refractivity contribution >= 4 is 11.8 Å². The second-order valence-electron chi connectivity index (χ2n) is 8.79. The quantitative estimate of drug-likeness (QED) is 0.729. The Morgan fingerprint density at radius 2 is 1.67 bits per heavy atom. The average Bonchev–Trinajstić information content (AvgIpc) is 3.19. The molecule has 2 aromatic rings. The minimum Gasteiger partial charge on any atom is -0.352 e. The van der Waals surface area contributed by atoms with Crippen LogP contribution in [0.1, 0.15) is 60.4 Å². The molecule has 0 heterocycles. The predicted molar refractivity (Wildman–Crippen MR) is 121 cm³/mol. The number of amides is 2. The Hall–Kier alpha value is -2.62. The van der Waals surface area contributed by atoms with Crippen molar-refractivity contribution in [2.24, 2.45) is 0 Å². The number of hydrogen-bond acceptors (Lipinski definition) is 2. The van der Waals surface area contributed by atoms with Crippen LogP contribution >= 0.6 is 0 Å². The molecule has 1 saturated carbocycles. The number of hydrogen-bond donors (Lipinski definition) is 1. The molecular weight excluding hydrogens is 372 g/mol. The first kappa shape index (κ1) is 22.1. The summed E-state index contributed by atoms with van der Waals surface area (Å²) in [6.45, 7) is 8.43. The molecule has 0 aliphatic heterocycles. The Balaban J connectivity index is 1.80. The van der Waals surface area contributed by atoms with Gasteiger partial charge in [0.2, 0.25) is 11.8 Å². The van der Waals surface area contributed by atoms with E-state index in [1.807, 2.05) is 52.0 Å². The maximum absolute atomic E-state index is 13.4. The molecule has 4 heteroatoms. The molecule has 2 aromatic carbocycles. The number of aryl methyl sites for hydroxylation is 3. The summed E-state index contributed by atoms with van der Waals surface area (Å²) in [6, 6.07) is 14.0. The van der Waals surface area contributed by atoms with E-state index in [1.54, 1.807) is 4.90 Å². The van der Waals surface area contributed by atoms with Crippen molar-refractivity contribution in [2.45, 2.75) is 78.4 Å². The topological polar surface area (TPSA) is 49.4 Å². The Kier molecular flexibility index (Phi) is 7.30. The number of nitrogens with zero attached hydrogens (tertiary/aromatic N) is 1. The van der Waals surface area contributed by atoms with Crippen molar-refractivity contribution in [1.29, 1.82) is 0 Å². The van der Waals surface area contributed by atoms with E-state index in [0.717, 1.165) is 53.5 Å². The lowest BCUT2D eigenvalue weighted by atomic mass is 10.0. The molecule has 0 bridgehead atoms. The summed E-state index contributed by atoms with van der Waals surface area (Å²) in [6.07, 6.45) is 4.70. The molecule has 2 amide bonds. The van der Waals surface area contributed by atoms with Gasteiger partial charge in [-0.05, 0) is 57.2 Å². The van der Waals surface area contributed by atoms with Crippen molar-refractivity contribution in [3.8, 4) is 0 Å². The zero-order valence-electron chi connectivity index (χ0n) is 18.7. The van der Waals surface area contributed by atoms with Crippen molar-refractivity contribution in [2.75, 3.05) is 0 Å². The van der Waals surface area contributed by atoms with Crippen molar-refractivity contribution in [3.63, 3.8) is 0 Å². The average molecular weight is 407 g/mol. The second-order valence-corrected chi connectivity index (χ2v) is 8.79. The van der Waals surface area contributed by atoms with E-state index >= 15 is 0 Å². The fraction of sp³-hybridized carbons (Fsp3) is 0.462. The van der Waals surface area contributed by atoms with Gasteiger partial charge in [0.15, 0.2) is 0 Å². The van der Waals surface area contributed by atoms with E-state index in [1.165, 1.54) is 0 Å². The fourth-order valence-electron chi connectivity index (χ4n) is 4.39. The van der Waals surface area contributed by atoms with Crippen LogP contribution in [0.3, 0.4) is 0 Å². The minimum atomic E-state index is -0.511. The lowest BCUT2D eigenvalue weighted by molar-refractivity contribution is -0.140. The third kappa shape index (κ3) is 5.71. The molecule has 0 spiro atoms. The molecule has 1 fully saturated rings. The van der Waals surface area contributed by atoms with Gasteiger partial charge in [-0.1, -0.05) is 66.4 Å². The highest BCUT2D eigenvalue weighted by molar-refractivity contribution is 5.88. The first-order chi connectivity index (χ1) is 14.3. The van der Waals surface area contributed by atoms with E-state index in [4.69, 9.17) is 0 Å². The Morgan fingerprint density at radius 3 is 2.30 bits per heavy atom. The lowest BCUT2D eigenvalue weighted by Crippen LogP contribution is -2.50.